The molecule has 6 aromatic rings. The summed E-state index contributed by atoms with van der Waals surface area (Å²) in [5, 5.41) is 5.78. The Bertz CT molecular complexity index is 2510. The molecule has 312 valence electrons. The lowest BCUT2D eigenvalue weighted by atomic mass is 10.1. The van der Waals surface area contributed by atoms with Crippen LogP contribution in [0.5, 0.6) is 0 Å². The van der Waals surface area contributed by atoms with Gasteiger partial charge >= 0.3 is 13.5 Å². The van der Waals surface area contributed by atoms with Crippen LogP contribution < -0.4 is 10.6 Å². The quantitative estimate of drug-likeness (QED) is 0.114. The number of ether oxygens (including phenoxy) is 2. The maximum Gasteiger partial charge on any atom is 0.386 e. The number of nitrogens with one attached hydrogen (secondary N) is 2. The van der Waals surface area contributed by atoms with Crippen LogP contribution in [0.2, 0.25) is 0 Å². The van der Waals surface area contributed by atoms with E-state index in [9.17, 15) is 14.3 Å². The predicted octanol–water partition coefficient (Wildman–Crippen LogP) is 5.54. The number of anilines is 2. The van der Waals surface area contributed by atoms with E-state index in [2.05, 4.69) is 59.4 Å². The van der Waals surface area contributed by atoms with Gasteiger partial charge in [-0.25, -0.2) is 43.2 Å². The highest BCUT2D eigenvalue weighted by Gasteiger charge is 2.54. The molecule has 3 aliphatic heterocycles. The third-order valence-electron chi connectivity index (χ3n) is 9.77. The Hall–Kier alpha value is -4.64. The van der Waals surface area contributed by atoms with E-state index < -0.39 is 81.9 Å². The molecule has 60 heavy (non-hydrogen) atoms. The zero-order valence-electron chi connectivity index (χ0n) is 30.6. The highest BCUT2D eigenvalue weighted by atomic mass is 32.7. The fourth-order valence-corrected chi connectivity index (χ4v) is 9.86. The summed E-state index contributed by atoms with van der Waals surface area (Å²) in [6.45, 7) is -6.13. The monoisotopic (exact) mass is 900 g/mol. The summed E-state index contributed by atoms with van der Waals surface area (Å²) in [7, 11) is 0. The molecule has 1 amide bonds. The first-order valence-electron chi connectivity index (χ1n) is 18.0. The lowest BCUT2D eigenvalue weighted by Gasteiger charge is -2.29. The molecule has 0 saturated carbocycles. The molecule has 2 aromatic carbocycles. The van der Waals surface area contributed by atoms with Crippen molar-refractivity contribution in [3.63, 3.8) is 0 Å². The Morgan fingerprint density at radius 1 is 0.767 bits per heavy atom. The van der Waals surface area contributed by atoms with Crippen molar-refractivity contribution < 1.29 is 50.6 Å². The molecular weight excluding hydrogens is 869 g/mol. The average Bonchev–Trinajstić information content (AvgIpc) is 4.01. The van der Waals surface area contributed by atoms with Crippen molar-refractivity contribution in [2.24, 2.45) is 0 Å². The predicted molar refractivity (Wildman–Crippen MR) is 216 cm³/mol. The number of aromatic nitrogens is 8. The second-order valence-electron chi connectivity index (χ2n) is 13.6. The highest BCUT2D eigenvalue weighted by molar-refractivity contribution is 8.44. The fourth-order valence-electron chi connectivity index (χ4n) is 6.94. The summed E-state index contributed by atoms with van der Waals surface area (Å²) < 4.78 is 83.8. The van der Waals surface area contributed by atoms with Gasteiger partial charge in [0.1, 0.15) is 37.1 Å². The molecule has 19 nitrogen and oxygen atoms in total. The van der Waals surface area contributed by atoms with Crippen LogP contribution in [-0.2, 0) is 43.9 Å². The Morgan fingerprint density at radius 2 is 1.27 bits per heavy atom. The van der Waals surface area contributed by atoms with Crippen LogP contribution in [0, 0.1) is 0 Å². The minimum Gasteiger partial charge on any atom is -0.346 e. The number of carbonyl (C=O) groups excluding carboxylic acids is 1. The van der Waals surface area contributed by atoms with Gasteiger partial charge in [0.15, 0.2) is 58.8 Å². The van der Waals surface area contributed by atoms with Crippen molar-refractivity contribution in [2.45, 2.75) is 49.2 Å². The van der Waals surface area contributed by atoms with Gasteiger partial charge in [-0.2, -0.15) is 0 Å². The molecule has 3 N–H and O–H groups in total. The molecule has 0 aliphatic carbocycles. The van der Waals surface area contributed by atoms with Gasteiger partial charge < -0.3 is 29.5 Å². The molecule has 7 heterocycles. The first-order chi connectivity index (χ1) is 28.9. The van der Waals surface area contributed by atoms with Crippen LogP contribution in [-0.4, -0.2) is 99.8 Å². The number of hydrogen-bond acceptors (Lipinski definition) is 16. The van der Waals surface area contributed by atoms with E-state index in [4.69, 9.17) is 39.4 Å². The van der Waals surface area contributed by atoms with E-state index >= 15 is 8.78 Å². The molecule has 10 atom stereocenters. The molecule has 3 saturated heterocycles. The molecule has 0 spiro atoms. The van der Waals surface area contributed by atoms with Gasteiger partial charge in [-0.15, -0.1) is 0 Å². The van der Waals surface area contributed by atoms with Crippen LogP contribution in [0.15, 0.2) is 92.6 Å². The number of thiol groups is 1. The minimum atomic E-state index is -4.48. The highest BCUT2D eigenvalue weighted by Crippen LogP contribution is 2.58. The second-order valence-corrected chi connectivity index (χ2v) is 19.2. The van der Waals surface area contributed by atoms with Crippen molar-refractivity contribution in [1.82, 2.24) is 39.0 Å². The number of fused-ring (bicyclic) bond motifs is 4. The number of carbonyl (C=O) groups is 1. The molecule has 0 bridgehead atoms. The van der Waals surface area contributed by atoms with Crippen LogP contribution in [0.1, 0.15) is 28.4 Å². The Labute approximate surface area is 348 Å². The smallest absolute Gasteiger partial charge is 0.346 e. The second kappa shape index (κ2) is 16.3. The summed E-state index contributed by atoms with van der Waals surface area (Å²) in [6, 6.07) is 17.7. The van der Waals surface area contributed by atoms with Crippen molar-refractivity contribution in [2.75, 3.05) is 23.8 Å². The molecule has 9 rings (SSSR count). The van der Waals surface area contributed by atoms with Crippen molar-refractivity contribution >= 4 is 83.1 Å². The summed E-state index contributed by atoms with van der Waals surface area (Å²) >= 11 is 9.37. The summed E-state index contributed by atoms with van der Waals surface area (Å²) in [4.78, 5) is 49.7. The summed E-state index contributed by atoms with van der Waals surface area (Å²) in [6.07, 6.45) is -8.42. The normalized spacial score (nSPS) is 30.9. The van der Waals surface area contributed by atoms with E-state index in [-0.39, 0.29) is 34.0 Å². The average molecular weight is 901 g/mol. The number of alkyl halides is 2. The molecule has 25 heteroatoms. The van der Waals surface area contributed by atoms with E-state index in [1.165, 1.54) is 28.1 Å². The Kier molecular flexibility index (Phi) is 11.1. The number of nitrogens with zero attached hydrogens (tertiary/aromatic N) is 8. The van der Waals surface area contributed by atoms with Crippen LogP contribution in [0.3, 0.4) is 0 Å². The van der Waals surface area contributed by atoms with Gasteiger partial charge in [-0.3, -0.25) is 27.5 Å². The van der Waals surface area contributed by atoms with Crippen LogP contribution in [0.25, 0.3) is 28.0 Å². The molecular formula is C35H32F2N10O9P2S2. The molecule has 3 fully saturated rings. The van der Waals surface area contributed by atoms with Gasteiger partial charge in [0, 0.05) is 11.3 Å². The van der Waals surface area contributed by atoms with Crippen LogP contribution in [0.4, 0.5) is 20.4 Å². The lowest BCUT2D eigenvalue weighted by molar-refractivity contribution is -0.0564. The lowest BCUT2D eigenvalue weighted by Crippen LogP contribution is -2.37. The standard InChI is InChI=1S/C35H32F2N10O9P2S2/c1-18(19-8-4-2-5-9-19)44-29-25-31(40-14-38-29)46(16-42-25)34-23(36)27-21(53-34)12-51-58(50,60)56-28-22(13-52-57(49,59)55-27)54-35(24(28)37)47-17-43-26-30(39-15-41-32(26)47)45-33(48)20-10-6-3-7-11-20/h2-11,14-17,21-24,27-28,34-35H,1,12-13H2,(H,49,59)(H,50,60)(H,38,40,44)(H,39,41,45,48)/t21-,22-,23-,24-,27-,28-,34-,35-,57?,58?/m1/s1. The zero-order chi connectivity index (χ0) is 41.8. The topological polar surface area (TPSA) is 221 Å². The summed E-state index contributed by atoms with van der Waals surface area (Å²) in [5.41, 5.74) is 2.28. The Morgan fingerprint density at radius 3 is 1.83 bits per heavy atom. The molecule has 0 radical (unpaired) electrons. The number of amides is 1. The van der Waals surface area contributed by atoms with Gasteiger partial charge in [-0.1, -0.05) is 67.4 Å². The SMILES string of the molecule is C=C(Nc1ncnc2c1ncn2[C@@H]1O[C@@H]2COP(O)(=S)O[C@H]3[C@@H](F)[C@H](n4cnc5c(NC(=O)c6ccccc6)ncnc54)O[C@@H]3COP(=O)(S)O[C@H]2[C@H]1F)c1ccccc1. The largest absolute Gasteiger partial charge is 0.386 e. The zero-order valence-corrected chi connectivity index (χ0v) is 34.1. The van der Waals surface area contributed by atoms with E-state index in [0.717, 1.165) is 11.9 Å². The first kappa shape index (κ1) is 40.7. The van der Waals surface area contributed by atoms with Gasteiger partial charge in [0.05, 0.1) is 25.9 Å². The van der Waals surface area contributed by atoms with Crippen molar-refractivity contribution in [3.8, 4) is 0 Å². The van der Waals surface area contributed by atoms with Crippen molar-refractivity contribution in [3.05, 3.63) is 104 Å². The van der Waals surface area contributed by atoms with E-state index in [1.54, 1.807) is 30.3 Å². The number of hydrogen-bond donors (Lipinski definition) is 4. The van der Waals surface area contributed by atoms with Crippen molar-refractivity contribution in [1.29, 1.82) is 0 Å². The first-order valence-corrected chi connectivity index (χ1v) is 23.3. The van der Waals surface area contributed by atoms with Gasteiger partial charge in [0.2, 0.25) is 0 Å². The van der Waals surface area contributed by atoms with E-state index in [1.807, 2.05) is 30.3 Å². The van der Waals surface area contributed by atoms with Gasteiger partial charge in [0.25, 0.3) is 5.91 Å². The molecule has 4 aromatic heterocycles. The number of imidazole rings is 2. The minimum absolute atomic E-state index is 0.0436. The number of halogens is 2. The third kappa shape index (κ3) is 7.98. The molecule has 2 unspecified atom stereocenters. The number of rotatable bonds is 7. The molecule has 3 aliphatic rings. The third-order valence-corrected chi connectivity index (χ3v) is 12.9. The fraction of sp³-hybridized carbons (Fsp3) is 0.286. The Balaban J connectivity index is 0.938. The maximum atomic E-state index is 16.5. The summed E-state index contributed by atoms with van der Waals surface area (Å²) in [5.74, 6) is -0.142. The van der Waals surface area contributed by atoms with Gasteiger partial charge in [-0.05, 0) is 29.5 Å². The number of benzene rings is 2. The van der Waals surface area contributed by atoms with Crippen LogP contribution >= 0.6 is 25.8 Å². The van der Waals surface area contributed by atoms with E-state index in [0.29, 0.717) is 11.3 Å². The maximum absolute atomic E-state index is 16.5.